The molecule has 0 aliphatic heterocycles. The highest BCUT2D eigenvalue weighted by Gasteiger charge is 2.09. The summed E-state index contributed by atoms with van der Waals surface area (Å²) in [5.74, 6) is -0.648. The molecule has 5 nitrogen and oxygen atoms in total. The second-order valence-corrected chi connectivity index (χ2v) is 4.33. The van der Waals surface area contributed by atoms with Crippen molar-refractivity contribution in [1.82, 2.24) is 0 Å². The molecule has 1 aromatic rings. The lowest BCUT2D eigenvalue weighted by Gasteiger charge is -1.99. The van der Waals surface area contributed by atoms with Gasteiger partial charge >= 0.3 is 5.97 Å². The fourth-order valence-electron chi connectivity index (χ4n) is 0.922. The van der Waals surface area contributed by atoms with Crippen molar-refractivity contribution in [2.24, 2.45) is 5.11 Å². The monoisotopic (exact) mass is 257 g/mol. The topological polar surface area (TPSA) is 75.1 Å². The summed E-state index contributed by atoms with van der Waals surface area (Å²) in [4.78, 5) is 14.7. The van der Waals surface area contributed by atoms with Crippen LogP contribution in [-0.2, 0) is 9.53 Å². The number of ether oxygens (including phenoxy) is 1. The van der Waals surface area contributed by atoms with Crippen LogP contribution in [0.2, 0.25) is 4.34 Å². The minimum atomic E-state index is -0.648. The molecule has 0 saturated heterocycles. The van der Waals surface area contributed by atoms with Crippen LogP contribution in [0.25, 0.3) is 16.5 Å². The number of azide groups is 1. The maximum atomic E-state index is 11.4. The van der Waals surface area contributed by atoms with Crippen LogP contribution in [0.1, 0.15) is 11.8 Å². The standard InChI is InChI=1S/C9H8ClN3O2S/c1-2-15-9(14)7(12-13-11)5-6-3-4-8(10)16-6/h3-5H,2H2,1H3. The van der Waals surface area contributed by atoms with Gasteiger partial charge in [0.1, 0.15) is 5.70 Å². The Balaban J connectivity index is 2.97. The minimum absolute atomic E-state index is 0.0807. The maximum absolute atomic E-state index is 11.4. The molecule has 84 valence electrons. The van der Waals surface area contributed by atoms with Gasteiger partial charge in [-0.25, -0.2) is 4.79 Å². The Bertz CT molecular complexity index is 463. The Morgan fingerprint density at radius 2 is 2.50 bits per heavy atom. The van der Waals surface area contributed by atoms with E-state index in [4.69, 9.17) is 21.9 Å². The summed E-state index contributed by atoms with van der Waals surface area (Å²) >= 11 is 7.01. The molecule has 0 bridgehead atoms. The van der Waals surface area contributed by atoms with Gasteiger partial charge < -0.3 is 4.74 Å². The molecule has 0 amide bonds. The van der Waals surface area contributed by atoms with Gasteiger partial charge in [-0.1, -0.05) is 16.7 Å². The van der Waals surface area contributed by atoms with E-state index in [2.05, 4.69) is 10.0 Å². The second kappa shape index (κ2) is 6.17. The smallest absolute Gasteiger partial charge is 0.340 e. The van der Waals surface area contributed by atoms with E-state index in [1.54, 1.807) is 19.1 Å². The van der Waals surface area contributed by atoms with Crippen molar-refractivity contribution < 1.29 is 9.53 Å². The molecule has 0 N–H and O–H groups in total. The first kappa shape index (κ1) is 12.6. The van der Waals surface area contributed by atoms with Gasteiger partial charge in [-0.3, -0.25) is 0 Å². The molecule has 7 heteroatoms. The number of halogens is 1. The van der Waals surface area contributed by atoms with Crippen LogP contribution in [0.5, 0.6) is 0 Å². The van der Waals surface area contributed by atoms with Gasteiger partial charge in [0.25, 0.3) is 0 Å². The van der Waals surface area contributed by atoms with Gasteiger partial charge in [-0.15, -0.1) is 11.3 Å². The number of carbonyl (C=O) groups excluding carboxylic acids is 1. The van der Waals surface area contributed by atoms with Crippen molar-refractivity contribution in [3.8, 4) is 0 Å². The number of hydrogen-bond donors (Lipinski definition) is 0. The van der Waals surface area contributed by atoms with E-state index in [1.807, 2.05) is 0 Å². The largest absolute Gasteiger partial charge is 0.462 e. The third-order valence-corrected chi connectivity index (χ3v) is 2.69. The zero-order valence-electron chi connectivity index (χ0n) is 8.38. The molecule has 0 aromatic carbocycles. The highest BCUT2D eigenvalue weighted by molar-refractivity contribution is 7.17. The van der Waals surface area contributed by atoms with Gasteiger partial charge in [0.15, 0.2) is 0 Å². The fourth-order valence-corrected chi connectivity index (χ4v) is 1.92. The molecule has 1 rings (SSSR count). The molecule has 0 atom stereocenters. The van der Waals surface area contributed by atoms with Crippen molar-refractivity contribution in [2.45, 2.75) is 6.92 Å². The number of nitrogens with zero attached hydrogens (tertiary/aromatic N) is 3. The summed E-state index contributed by atoms with van der Waals surface area (Å²) < 4.78 is 5.33. The van der Waals surface area contributed by atoms with Crippen LogP contribution in [0.15, 0.2) is 22.9 Å². The summed E-state index contributed by atoms with van der Waals surface area (Å²) in [6, 6.07) is 3.41. The average molecular weight is 258 g/mol. The molecule has 0 aliphatic rings. The highest BCUT2D eigenvalue weighted by Crippen LogP contribution is 2.24. The van der Waals surface area contributed by atoms with E-state index in [-0.39, 0.29) is 12.3 Å². The molecule has 0 radical (unpaired) electrons. The van der Waals surface area contributed by atoms with Gasteiger partial charge in [0, 0.05) is 9.79 Å². The third-order valence-electron chi connectivity index (χ3n) is 1.51. The van der Waals surface area contributed by atoms with E-state index >= 15 is 0 Å². The van der Waals surface area contributed by atoms with Crippen LogP contribution < -0.4 is 0 Å². The van der Waals surface area contributed by atoms with E-state index in [1.165, 1.54) is 17.4 Å². The van der Waals surface area contributed by atoms with Crippen molar-refractivity contribution in [3.05, 3.63) is 37.5 Å². The van der Waals surface area contributed by atoms with E-state index in [9.17, 15) is 4.79 Å². The summed E-state index contributed by atoms with van der Waals surface area (Å²) in [6.07, 6.45) is 1.44. The van der Waals surface area contributed by atoms with Crippen molar-refractivity contribution in [3.63, 3.8) is 0 Å². The first-order valence-corrected chi connectivity index (χ1v) is 5.56. The summed E-state index contributed by atoms with van der Waals surface area (Å²) in [5, 5.41) is 3.28. The van der Waals surface area contributed by atoms with E-state index < -0.39 is 5.97 Å². The first-order chi connectivity index (χ1) is 7.67. The quantitative estimate of drug-likeness (QED) is 0.272. The fraction of sp³-hybridized carbons (Fsp3) is 0.222. The normalized spacial score (nSPS) is 10.8. The molecule has 1 aromatic heterocycles. The number of carbonyl (C=O) groups is 1. The van der Waals surface area contributed by atoms with Crippen LogP contribution >= 0.6 is 22.9 Å². The average Bonchev–Trinajstić information content (AvgIpc) is 2.64. The Labute approximate surface area is 101 Å². The number of hydrogen-bond acceptors (Lipinski definition) is 4. The lowest BCUT2D eigenvalue weighted by Crippen LogP contribution is -2.05. The zero-order chi connectivity index (χ0) is 12.0. The molecule has 0 spiro atoms. The third kappa shape index (κ3) is 3.58. The number of rotatable bonds is 4. The van der Waals surface area contributed by atoms with Crippen molar-refractivity contribution in [2.75, 3.05) is 6.61 Å². The number of esters is 1. The molecular weight excluding hydrogens is 250 g/mol. The van der Waals surface area contributed by atoms with Gasteiger partial charge in [0.05, 0.1) is 10.9 Å². The highest BCUT2D eigenvalue weighted by atomic mass is 35.5. The van der Waals surface area contributed by atoms with Crippen molar-refractivity contribution >= 4 is 35.0 Å². The predicted molar refractivity (Wildman–Crippen MR) is 63.1 cm³/mol. The summed E-state index contributed by atoms with van der Waals surface area (Å²) in [5.41, 5.74) is 8.24. The molecule has 0 fully saturated rings. The molecule has 1 heterocycles. The lowest BCUT2D eigenvalue weighted by molar-refractivity contribution is -0.138. The molecule has 0 aliphatic carbocycles. The number of thiophene rings is 1. The zero-order valence-corrected chi connectivity index (χ0v) is 9.96. The second-order valence-electron chi connectivity index (χ2n) is 2.58. The summed E-state index contributed by atoms with van der Waals surface area (Å²) in [6.45, 7) is 1.90. The Morgan fingerprint density at radius 1 is 1.75 bits per heavy atom. The predicted octanol–water partition coefficient (Wildman–Crippen LogP) is 3.62. The Morgan fingerprint density at radius 3 is 3.00 bits per heavy atom. The molecule has 0 unspecified atom stereocenters. The van der Waals surface area contributed by atoms with Gasteiger partial charge in [0.2, 0.25) is 0 Å². The van der Waals surface area contributed by atoms with Gasteiger partial charge in [-0.2, -0.15) is 0 Å². The lowest BCUT2D eigenvalue weighted by atomic mass is 10.3. The van der Waals surface area contributed by atoms with Crippen LogP contribution in [-0.4, -0.2) is 12.6 Å². The first-order valence-electron chi connectivity index (χ1n) is 4.36. The summed E-state index contributed by atoms with van der Waals surface area (Å²) in [7, 11) is 0. The molecular formula is C9H8ClN3O2S. The van der Waals surface area contributed by atoms with Gasteiger partial charge in [-0.05, 0) is 30.7 Å². The molecule has 0 saturated carbocycles. The Hall–Kier alpha value is -1.49. The van der Waals surface area contributed by atoms with E-state index in [0.29, 0.717) is 4.34 Å². The van der Waals surface area contributed by atoms with E-state index in [0.717, 1.165) is 4.88 Å². The maximum Gasteiger partial charge on any atom is 0.340 e. The SMILES string of the molecule is CCOC(=O)C(=Cc1ccc(Cl)s1)N=[N+]=[N-]. The van der Waals surface area contributed by atoms with Crippen LogP contribution in [0, 0.1) is 0 Å². The Kier molecular flexibility index (Phi) is 4.85. The molecule has 16 heavy (non-hydrogen) atoms. The minimum Gasteiger partial charge on any atom is -0.462 e. The van der Waals surface area contributed by atoms with Crippen LogP contribution in [0.4, 0.5) is 0 Å². The van der Waals surface area contributed by atoms with Crippen LogP contribution in [0.3, 0.4) is 0 Å². The van der Waals surface area contributed by atoms with Crippen molar-refractivity contribution in [1.29, 1.82) is 0 Å².